The first-order chi connectivity index (χ1) is 9.15. The fraction of sp³-hybridized carbons (Fsp3) is 0.500. The number of hydrogen-bond acceptors (Lipinski definition) is 2. The molecule has 1 aromatic carbocycles. The highest BCUT2D eigenvalue weighted by Crippen LogP contribution is 2.29. The number of rotatable bonds is 2. The number of carbonyl (C=O) groups excluding carboxylic acids is 1. The Morgan fingerprint density at radius 2 is 2.32 bits per heavy atom. The van der Waals surface area contributed by atoms with Crippen LogP contribution < -0.4 is 5.32 Å². The van der Waals surface area contributed by atoms with Gasteiger partial charge in [-0.3, -0.25) is 4.79 Å². The Morgan fingerprint density at radius 3 is 3.11 bits per heavy atom. The average Bonchev–Trinajstić information content (AvgIpc) is 2.72. The number of piperidine rings is 1. The van der Waals surface area contributed by atoms with Crippen LogP contribution in [0, 0.1) is 11.7 Å². The molecule has 1 N–H and O–H groups in total. The van der Waals surface area contributed by atoms with Gasteiger partial charge in [0.15, 0.2) is 0 Å². The third-order valence-corrected chi connectivity index (χ3v) is 4.77. The number of nitrogens with zero attached hydrogens (tertiary/aromatic N) is 1. The molecule has 2 heterocycles. The largest absolute Gasteiger partial charge is 0.336 e. The molecule has 102 valence electrons. The molecular formula is C14H16BrFN2O. The van der Waals surface area contributed by atoms with Crippen LogP contribution in [0.15, 0.2) is 22.7 Å². The van der Waals surface area contributed by atoms with E-state index in [4.69, 9.17) is 0 Å². The third kappa shape index (κ3) is 2.54. The van der Waals surface area contributed by atoms with Crippen LogP contribution in [0.3, 0.4) is 0 Å². The minimum atomic E-state index is -0.264. The summed E-state index contributed by atoms with van der Waals surface area (Å²) in [5.41, 5.74) is 0.826. The number of hydrogen-bond donors (Lipinski definition) is 1. The maximum absolute atomic E-state index is 13.3. The molecule has 2 saturated heterocycles. The molecule has 0 spiro atoms. The van der Waals surface area contributed by atoms with Crippen LogP contribution in [0.4, 0.5) is 4.39 Å². The highest BCUT2D eigenvalue weighted by Gasteiger charge is 2.41. The van der Waals surface area contributed by atoms with Crippen molar-refractivity contribution < 1.29 is 9.18 Å². The molecule has 3 nitrogen and oxygen atoms in total. The van der Waals surface area contributed by atoms with Crippen molar-refractivity contribution in [1.82, 2.24) is 10.2 Å². The van der Waals surface area contributed by atoms with Gasteiger partial charge in [-0.05, 0) is 43.1 Å². The van der Waals surface area contributed by atoms with Crippen molar-refractivity contribution in [3.8, 4) is 0 Å². The minimum absolute atomic E-state index is 0.112. The molecule has 19 heavy (non-hydrogen) atoms. The summed E-state index contributed by atoms with van der Waals surface area (Å²) in [6, 6.07) is 4.87. The lowest BCUT2D eigenvalue weighted by Gasteiger charge is -2.23. The van der Waals surface area contributed by atoms with Crippen molar-refractivity contribution in [3.63, 3.8) is 0 Å². The van der Waals surface area contributed by atoms with Gasteiger partial charge in [0, 0.05) is 23.6 Å². The first-order valence-corrected chi connectivity index (χ1v) is 7.40. The summed E-state index contributed by atoms with van der Waals surface area (Å²) in [7, 11) is 0. The Bertz CT molecular complexity index is 508. The van der Waals surface area contributed by atoms with Gasteiger partial charge in [-0.15, -0.1) is 0 Å². The van der Waals surface area contributed by atoms with Crippen LogP contribution in [0.25, 0.3) is 0 Å². The highest BCUT2D eigenvalue weighted by atomic mass is 79.9. The second kappa shape index (κ2) is 5.21. The predicted molar refractivity (Wildman–Crippen MR) is 74.0 cm³/mol. The third-order valence-electron chi connectivity index (χ3n) is 4.00. The zero-order chi connectivity index (χ0) is 13.4. The number of likely N-dealkylation sites (tertiary alicyclic amines) is 1. The predicted octanol–water partition coefficient (Wildman–Crippen LogP) is 2.30. The monoisotopic (exact) mass is 326 g/mol. The SMILES string of the molecule is O=C1C2CCCNC2CN1Cc1cc(F)ccc1Br. The van der Waals surface area contributed by atoms with Gasteiger partial charge >= 0.3 is 0 Å². The molecule has 0 aromatic heterocycles. The minimum Gasteiger partial charge on any atom is -0.336 e. The maximum atomic E-state index is 13.3. The quantitative estimate of drug-likeness (QED) is 0.904. The zero-order valence-electron chi connectivity index (χ0n) is 10.5. The first kappa shape index (κ1) is 13.1. The Labute approximate surface area is 120 Å². The lowest BCUT2D eigenvalue weighted by atomic mass is 9.94. The Morgan fingerprint density at radius 1 is 1.47 bits per heavy atom. The lowest BCUT2D eigenvalue weighted by molar-refractivity contribution is -0.131. The summed E-state index contributed by atoms with van der Waals surface area (Å²) < 4.78 is 14.1. The lowest BCUT2D eigenvalue weighted by Crippen LogP contribution is -2.41. The van der Waals surface area contributed by atoms with Crippen LogP contribution in [0.5, 0.6) is 0 Å². The molecule has 2 unspecified atom stereocenters. The van der Waals surface area contributed by atoms with E-state index in [-0.39, 0.29) is 23.7 Å². The number of amides is 1. The normalized spacial score (nSPS) is 26.6. The van der Waals surface area contributed by atoms with Crippen molar-refractivity contribution in [2.24, 2.45) is 5.92 Å². The van der Waals surface area contributed by atoms with E-state index < -0.39 is 0 Å². The van der Waals surface area contributed by atoms with Crippen molar-refractivity contribution in [2.75, 3.05) is 13.1 Å². The van der Waals surface area contributed by atoms with E-state index in [1.165, 1.54) is 12.1 Å². The Kier molecular flexibility index (Phi) is 3.58. The Hall–Kier alpha value is -0.940. The molecule has 2 aliphatic heterocycles. The first-order valence-electron chi connectivity index (χ1n) is 6.61. The van der Waals surface area contributed by atoms with Crippen LogP contribution >= 0.6 is 15.9 Å². The number of halogens is 2. The van der Waals surface area contributed by atoms with E-state index in [1.54, 1.807) is 6.07 Å². The second-order valence-electron chi connectivity index (χ2n) is 5.26. The maximum Gasteiger partial charge on any atom is 0.227 e. The van der Waals surface area contributed by atoms with Gasteiger partial charge < -0.3 is 10.2 Å². The summed E-state index contributed by atoms with van der Waals surface area (Å²) in [6.07, 6.45) is 2.03. The van der Waals surface area contributed by atoms with Crippen molar-refractivity contribution in [2.45, 2.75) is 25.4 Å². The van der Waals surface area contributed by atoms with Crippen LogP contribution in [0.2, 0.25) is 0 Å². The summed E-state index contributed by atoms with van der Waals surface area (Å²) in [6.45, 7) is 2.20. The van der Waals surface area contributed by atoms with Gasteiger partial charge in [0.2, 0.25) is 5.91 Å². The number of nitrogens with one attached hydrogen (secondary N) is 1. The summed E-state index contributed by atoms with van der Waals surface area (Å²) in [4.78, 5) is 14.2. The number of carbonyl (C=O) groups is 1. The fourth-order valence-corrected chi connectivity index (χ4v) is 3.39. The second-order valence-corrected chi connectivity index (χ2v) is 6.12. The molecular weight excluding hydrogens is 311 g/mol. The molecule has 0 saturated carbocycles. The summed E-state index contributed by atoms with van der Waals surface area (Å²) in [5.74, 6) is 0.0508. The standard InChI is InChI=1S/C14H16BrFN2O/c15-12-4-3-10(16)6-9(12)7-18-8-13-11(14(18)19)2-1-5-17-13/h3-4,6,11,13,17H,1-2,5,7-8H2. The van der Waals surface area contributed by atoms with Gasteiger partial charge in [0.25, 0.3) is 0 Å². The van der Waals surface area contributed by atoms with E-state index in [9.17, 15) is 9.18 Å². The molecule has 3 rings (SSSR count). The molecule has 1 amide bonds. The number of benzene rings is 1. The van der Waals surface area contributed by atoms with Gasteiger partial charge in [-0.1, -0.05) is 15.9 Å². The molecule has 1 aromatic rings. The van der Waals surface area contributed by atoms with Crippen molar-refractivity contribution in [3.05, 3.63) is 34.1 Å². The van der Waals surface area contributed by atoms with Crippen LogP contribution in [0.1, 0.15) is 18.4 Å². The van der Waals surface area contributed by atoms with Gasteiger partial charge in [-0.25, -0.2) is 4.39 Å². The highest BCUT2D eigenvalue weighted by molar-refractivity contribution is 9.10. The summed E-state index contributed by atoms with van der Waals surface area (Å²) in [5, 5.41) is 3.40. The molecule has 5 heteroatoms. The Balaban J connectivity index is 1.76. The summed E-state index contributed by atoms with van der Waals surface area (Å²) >= 11 is 3.41. The van der Waals surface area contributed by atoms with Crippen molar-refractivity contribution >= 4 is 21.8 Å². The number of fused-ring (bicyclic) bond motifs is 1. The zero-order valence-corrected chi connectivity index (χ0v) is 12.1. The molecule has 0 bridgehead atoms. The molecule has 2 aliphatic rings. The van der Waals surface area contributed by atoms with Crippen molar-refractivity contribution in [1.29, 1.82) is 0 Å². The molecule has 0 aliphatic carbocycles. The van der Waals surface area contributed by atoms with Gasteiger partial charge in [-0.2, -0.15) is 0 Å². The van der Waals surface area contributed by atoms with E-state index in [2.05, 4.69) is 21.2 Å². The molecule has 2 fully saturated rings. The van der Waals surface area contributed by atoms with E-state index in [1.807, 2.05) is 4.90 Å². The molecule has 2 atom stereocenters. The molecule has 0 radical (unpaired) electrons. The van der Waals surface area contributed by atoms with E-state index >= 15 is 0 Å². The van der Waals surface area contributed by atoms with E-state index in [0.29, 0.717) is 6.54 Å². The van der Waals surface area contributed by atoms with Gasteiger partial charge in [0.05, 0.1) is 5.92 Å². The van der Waals surface area contributed by atoms with Crippen LogP contribution in [-0.4, -0.2) is 29.9 Å². The average molecular weight is 327 g/mol. The smallest absolute Gasteiger partial charge is 0.227 e. The van der Waals surface area contributed by atoms with Crippen LogP contribution in [-0.2, 0) is 11.3 Å². The van der Waals surface area contributed by atoms with Gasteiger partial charge in [0.1, 0.15) is 5.82 Å². The van der Waals surface area contributed by atoms with E-state index in [0.717, 1.165) is 36.0 Å². The topological polar surface area (TPSA) is 32.3 Å². The fourth-order valence-electron chi connectivity index (χ4n) is 3.01.